The van der Waals surface area contributed by atoms with Crippen LogP contribution < -0.4 is 0 Å². The maximum absolute atomic E-state index is 2.57. The third-order valence-electron chi connectivity index (χ3n) is 4.50. The minimum absolute atomic E-state index is 0.268. The fraction of sp³-hybridized carbons (Fsp3) is 0.625. The molecule has 0 radical (unpaired) electrons. The lowest BCUT2D eigenvalue weighted by atomic mass is 9.87. The molecule has 0 aromatic heterocycles. The normalized spacial score (nSPS) is 13.8. The Labute approximate surface area is 116 Å². The summed E-state index contributed by atoms with van der Waals surface area (Å²) in [4.78, 5) is 0. The van der Waals surface area contributed by atoms with Crippen LogP contribution in [0, 0.1) is 0 Å². The zero-order valence-electron chi connectivity index (χ0n) is 13.5. The largest absolute Gasteiger partial charge is 0.0715 e. The van der Waals surface area contributed by atoms with Gasteiger partial charge in [0, 0.05) is 15.2 Å². The highest BCUT2D eigenvalue weighted by Crippen LogP contribution is 2.26. The van der Waals surface area contributed by atoms with Gasteiger partial charge in [-0.15, -0.1) is 0 Å². The van der Waals surface area contributed by atoms with E-state index in [0.717, 1.165) is 0 Å². The van der Waals surface area contributed by atoms with Crippen LogP contribution >= 0.6 is 0 Å². The van der Waals surface area contributed by atoms with Crippen LogP contribution in [0.5, 0.6) is 0 Å². The molecular weight excluding hydrogens is 248 g/mol. The summed E-state index contributed by atoms with van der Waals surface area (Å²) in [6.45, 7) is 19.6. The molecular formula is C16H30Si2. The van der Waals surface area contributed by atoms with Gasteiger partial charge >= 0.3 is 0 Å². The fourth-order valence-electron chi connectivity index (χ4n) is 1.90. The summed E-state index contributed by atoms with van der Waals surface area (Å²) in [6.07, 6.45) is 0. The first-order valence-electron chi connectivity index (χ1n) is 7.03. The minimum Gasteiger partial charge on any atom is -0.0715 e. The van der Waals surface area contributed by atoms with Gasteiger partial charge in [-0.2, -0.15) is 0 Å². The lowest BCUT2D eigenvalue weighted by Gasteiger charge is -2.35. The molecule has 0 spiro atoms. The van der Waals surface area contributed by atoms with Gasteiger partial charge < -0.3 is 0 Å². The van der Waals surface area contributed by atoms with Crippen LogP contribution in [0.2, 0.25) is 32.7 Å². The molecule has 2 heteroatoms. The Hall–Kier alpha value is -0.346. The van der Waals surface area contributed by atoms with Gasteiger partial charge in [0.15, 0.2) is 0 Å². The number of benzene rings is 1. The molecule has 0 fully saturated rings. The van der Waals surface area contributed by atoms with Crippen molar-refractivity contribution in [2.45, 2.75) is 65.0 Å². The zero-order valence-corrected chi connectivity index (χ0v) is 15.5. The lowest BCUT2D eigenvalue weighted by Crippen LogP contribution is -2.54. The molecule has 0 unspecified atom stereocenters. The van der Waals surface area contributed by atoms with Crippen molar-refractivity contribution in [3.63, 3.8) is 0 Å². The van der Waals surface area contributed by atoms with Crippen LogP contribution in [0.3, 0.4) is 0 Å². The van der Waals surface area contributed by atoms with Crippen molar-refractivity contribution in [2.75, 3.05) is 0 Å². The number of hydrogen-bond acceptors (Lipinski definition) is 0. The average Bonchev–Trinajstić information content (AvgIpc) is 2.14. The van der Waals surface area contributed by atoms with Gasteiger partial charge in [0.1, 0.15) is 0 Å². The molecule has 1 aromatic rings. The highest BCUT2D eigenvalue weighted by atomic mass is 29.3. The van der Waals surface area contributed by atoms with E-state index < -0.39 is 15.2 Å². The summed E-state index contributed by atoms with van der Waals surface area (Å²) in [5.41, 5.74) is 3.25. The van der Waals surface area contributed by atoms with Crippen LogP contribution in [-0.4, -0.2) is 15.2 Å². The highest BCUT2D eigenvalue weighted by molar-refractivity contribution is 7.40. The van der Waals surface area contributed by atoms with Crippen molar-refractivity contribution in [3.8, 4) is 0 Å². The number of rotatable bonds is 3. The van der Waals surface area contributed by atoms with E-state index in [2.05, 4.69) is 77.8 Å². The molecule has 0 saturated heterocycles. The third kappa shape index (κ3) is 3.82. The Kier molecular flexibility index (Phi) is 4.34. The molecule has 1 aromatic carbocycles. The van der Waals surface area contributed by atoms with Gasteiger partial charge in [-0.3, -0.25) is 0 Å². The molecule has 0 aliphatic rings. The van der Waals surface area contributed by atoms with E-state index >= 15 is 0 Å². The molecule has 0 bridgehead atoms. The SMILES string of the molecule is CC(C)(C)c1ccc(C[Si](C)(C)[Si](C)(C)C)cc1. The predicted molar refractivity (Wildman–Crippen MR) is 89.7 cm³/mol. The van der Waals surface area contributed by atoms with E-state index in [4.69, 9.17) is 0 Å². The van der Waals surface area contributed by atoms with Crippen LogP contribution in [0.15, 0.2) is 24.3 Å². The molecule has 102 valence electrons. The minimum atomic E-state index is -1.07. The maximum Gasteiger partial charge on any atom is 0.0454 e. The van der Waals surface area contributed by atoms with E-state index in [-0.39, 0.29) is 5.41 Å². The second-order valence-electron chi connectivity index (χ2n) is 8.26. The first-order valence-corrected chi connectivity index (χ1v) is 14.7. The molecule has 0 saturated carbocycles. The molecule has 0 heterocycles. The second kappa shape index (κ2) is 4.97. The molecule has 18 heavy (non-hydrogen) atoms. The Balaban J connectivity index is 2.89. The van der Waals surface area contributed by atoms with Crippen LogP contribution in [-0.2, 0) is 11.5 Å². The van der Waals surface area contributed by atoms with Gasteiger partial charge in [-0.05, 0) is 17.0 Å². The Morgan fingerprint density at radius 1 is 0.833 bits per heavy atom. The van der Waals surface area contributed by atoms with Gasteiger partial charge in [0.2, 0.25) is 0 Å². The van der Waals surface area contributed by atoms with Crippen molar-refractivity contribution < 1.29 is 0 Å². The van der Waals surface area contributed by atoms with Crippen LogP contribution in [0.1, 0.15) is 31.9 Å². The first kappa shape index (κ1) is 15.7. The monoisotopic (exact) mass is 278 g/mol. The lowest BCUT2D eigenvalue weighted by molar-refractivity contribution is 0.590. The van der Waals surface area contributed by atoms with Crippen LogP contribution in [0.25, 0.3) is 0 Å². The van der Waals surface area contributed by atoms with Crippen molar-refractivity contribution in [2.24, 2.45) is 0 Å². The predicted octanol–water partition coefficient (Wildman–Crippen LogP) is 5.19. The molecule has 0 aliphatic heterocycles. The van der Waals surface area contributed by atoms with Crippen molar-refractivity contribution >= 4 is 15.2 Å². The second-order valence-corrected chi connectivity index (χ2v) is 25.4. The van der Waals surface area contributed by atoms with Crippen molar-refractivity contribution in [3.05, 3.63) is 35.4 Å². The summed E-state index contributed by atoms with van der Waals surface area (Å²) in [6, 6.07) is 10.7. The van der Waals surface area contributed by atoms with E-state index in [1.165, 1.54) is 11.6 Å². The van der Waals surface area contributed by atoms with E-state index in [1.54, 1.807) is 5.56 Å². The zero-order chi connectivity index (χ0) is 14.2. The maximum atomic E-state index is 2.57. The molecule has 0 atom stereocenters. The molecule has 0 aliphatic carbocycles. The highest BCUT2D eigenvalue weighted by Gasteiger charge is 2.36. The quantitative estimate of drug-likeness (QED) is 0.667. The summed E-state index contributed by atoms with van der Waals surface area (Å²) in [5.74, 6) is 0. The van der Waals surface area contributed by atoms with Gasteiger partial charge in [0.25, 0.3) is 0 Å². The van der Waals surface area contributed by atoms with Crippen LogP contribution in [0.4, 0.5) is 0 Å². The fourth-order valence-corrected chi connectivity index (χ4v) is 5.89. The van der Waals surface area contributed by atoms with Gasteiger partial charge in [-0.1, -0.05) is 83.3 Å². The topological polar surface area (TPSA) is 0 Å². The Morgan fingerprint density at radius 3 is 1.61 bits per heavy atom. The summed E-state index contributed by atoms with van der Waals surface area (Å²) in [7, 11) is -2.05. The first-order chi connectivity index (χ1) is 7.93. The molecule has 0 nitrogen and oxygen atoms in total. The smallest absolute Gasteiger partial charge is 0.0454 e. The van der Waals surface area contributed by atoms with Crippen molar-refractivity contribution in [1.29, 1.82) is 0 Å². The van der Waals surface area contributed by atoms with E-state index in [9.17, 15) is 0 Å². The third-order valence-corrected chi connectivity index (χ3v) is 22.6. The molecule has 0 amide bonds. The summed E-state index contributed by atoms with van der Waals surface area (Å²) < 4.78 is 0. The van der Waals surface area contributed by atoms with Gasteiger partial charge in [-0.25, -0.2) is 0 Å². The number of hydrogen-bond donors (Lipinski definition) is 0. The Bertz CT molecular complexity index is 389. The summed E-state index contributed by atoms with van der Waals surface area (Å²) in [5, 5.41) is 0. The van der Waals surface area contributed by atoms with Gasteiger partial charge in [0.05, 0.1) is 0 Å². The molecule has 0 N–H and O–H groups in total. The standard InChI is InChI=1S/C16H30Si2/c1-16(2,3)15-11-9-14(10-12-15)13-18(7,8)17(4,5)6/h9-12H,13H2,1-8H3. The van der Waals surface area contributed by atoms with E-state index in [0.29, 0.717) is 0 Å². The van der Waals surface area contributed by atoms with E-state index in [1.807, 2.05) is 0 Å². The van der Waals surface area contributed by atoms with Crippen molar-refractivity contribution in [1.82, 2.24) is 0 Å². The molecule has 1 rings (SSSR count). The average molecular weight is 279 g/mol. The summed E-state index contributed by atoms with van der Waals surface area (Å²) >= 11 is 0. The Morgan fingerprint density at radius 2 is 1.28 bits per heavy atom.